The van der Waals surface area contributed by atoms with Gasteiger partial charge < -0.3 is 9.80 Å². The van der Waals surface area contributed by atoms with Gasteiger partial charge in [-0.1, -0.05) is 12.1 Å². The lowest BCUT2D eigenvalue weighted by atomic mass is 10.2. The Labute approximate surface area is 138 Å². The largest absolute Gasteiger partial charge is 0.366 e. The number of halogens is 1. The minimum atomic E-state index is -0.353. The molecule has 1 aliphatic rings. The van der Waals surface area contributed by atoms with Gasteiger partial charge in [-0.2, -0.15) is 20.7 Å². The molecular formula is C16H15FN6O. The monoisotopic (exact) mass is 326 g/mol. The minimum absolute atomic E-state index is 0.00300. The number of hydrogen-bond donors (Lipinski definition) is 1. The van der Waals surface area contributed by atoms with Gasteiger partial charge in [-0.3, -0.25) is 4.79 Å². The van der Waals surface area contributed by atoms with Crippen LogP contribution in [0.5, 0.6) is 0 Å². The van der Waals surface area contributed by atoms with Crippen LogP contribution in [-0.2, 0) is 4.79 Å². The molecule has 1 fully saturated rings. The van der Waals surface area contributed by atoms with Crippen molar-refractivity contribution in [3.05, 3.63) is 47.5 Å². The molecule has 2 aromatic rings. The van der Waals surface area contributed by atoms with E-state index in [1.807, 2.05) is 11.0 Å². The van der Waals surface area contributed by atoms with E-state index in [0.717, 1.165) is 0 Å². The number of nitriles is 1. The van der Waals surface area contributed by atoms with Crippen molar-refractivity contribution in [2.45, 2.75) is 0 Å². The second-order valence-corrected chi connectivity index (χ2v) is 5.30. The second kappa shape index (κ2) is 6.91. The van der Waals surface area contributed by atoms with Crippen LogP contribution in [0.4, 0.5) is 10.1 Å². The third-order valence-corrected chi connectivity index (χ3v) is 3.84. The number of para-hydroxylation sites is 1. The van der Waals surface area contributed by atoms with Gasteiger partial charge in [0.25, 0.3) is 5.91 Å². The molecule has 7 nitrogen and oxygen atoms in total. The second-order valence-electron chi connectivity index (χ2n) is 5.30. The molecule has 8 heteroatoms. The number of aromatic nitrogens is 3. The molecule has 0 saturated carbocycles. The average Bonchev–Trinajstić information content (AvgIpc) is 3.13. The average molecular weight is 326 g/mol. The van der Waals surface area contributed by atoms with E-state index in [1.165, 1.54) is 18.3 Å². The summed E-state index contributed by atoms with van der Waals surface area (Å²) in [7, 11) is 0. The van der Waals surface area contributed by atoms with Crippen molar-refractivity contribution in [2.75, 3.05) is 31.1 Å². The van der Waals surface area contributed by atoms with Crippen molar-refractivity contribution in [1.82, 2.24) is 20.3 Å². The number of nitrogens with one attached hydrogen (secondary N) is 1. The summed E-state index contributed by atoms with van der Waals surface area (Å²) in [5.74, 6) is -0.630. The fourth-order valence-corrected chi connectivity index (χ4v) is 2.60. The predicted molar refractivity (Wildman–Crippen MR) is 85.2 cm³/mol. The van der Waals surface area contributed by atoms with Gasteiger partial charge in [-0.15, -0.1) is 0 Å². The van der Waals surface area contributed by atoms with Crippen molar-refractivity contribution in [2.24, 2.45) is 0 Å². The first-order chi connectivity index (χ1) is 11.7. The number of hydrogen-bond acceptors (Lipinski definition) is 5. The van der Waals surface area contributed by atoms with Crippen LogP contribution in [0.1, 0.15) is 5.69 Å². The summed E-state index contributed by atoms with van der Waals surface area (Å²) in [6, 6.07) is 8.47. The van der Waals surface area contributed by atoms with Crippen molar-refractivity contribution in [3.63, 3.8) is 0 Å². The number of amides is 1. The van der Waals surface area contributed by atoms with Crippen LogP contribution >= 0.6 is 0 Å². The van der Waals surface area contributed by atoms with Crippen LogP contribution in [0.3, 0.4) is 0 Å². The normalized spacial score (nSPS) is 15.2. The molecule has 0 bridgehead atoms. The van der Waals surface area contributed by atoms with Crippen molar-refractivity contribution in [1.29, 1.82) is 5.26 Å². The van der Waals surface area contributed by atoms with Gasteiger partial charge in [0.1, 0.15) is 23.2 Å². The Hall–Kier alpha value is -3.21. The Morgan fingerprint density at radius 2 is 2.04 bits per heavy atom. The van der Waals surface area contributed by atoms with E-state index in [9.17, 15) is 14.4 Å². The van der Waals surface area contributed by atoms with Gasteiger partial charge in [0.2, 0.25) is 0 Å². The van der Waals surface area contributed by atoms with Crippen LogP contribution in [-0.4, -0.2) is 52.4 Å². The number of benzene rings is 1. The number of nitrogens with zero attached hydrogens (tertiary/aromatic N) is 5. The zero-order chi connectivity index (χ0) is 16.9. The van der Waals surface area contributed by atoms with Crippen LogP contribution in [0.2, 0.25) is 0 Å². The van der Waals surface area contributed by atoms with Gasteiger partial charge in [-0.05, 0) is 18.2 Å². The van der Waals surface area contributed by atoms with Gasteiger partial charge in [0.15, 0.2) is 0 Å². The molecule has 3 rings (SSSR count). The highest BCUT2D eigenvalue weighted by Gasteiger charge is 2.25. The maximum absolute atomic E-state index is 13.8. The molecule has 0 aliphatic carbocycles. The molecule has 0 atom stereocenters. The maximum Gasteiger partial charge on any atom is 0.264 e. The summed E-state index contributed by atoms with van der Waals surface area (Å²) in [5.41, 5.74) is 0.955. The van der Waals surface area contributed by atoms with E-state index in [-0.39, 0.29) is 17.3 Å². The molecular weight excluding hydrogens is 311 g/mol. The van der Waals surface area contributed by atoms with Crippen LogP contribution in [0, 0.1) is 17.1 Å². The Morgan fingerprint density at radius 3 is 2.67 bits per heavy atom. The van der Waals surface area contributed by atoms with Crippen LogP contribution < -0.4 is 4.90 Å². The van der Waals surface area contributed by atoms with Gasteiger partial charge >= 0.3 is 0 Å². The highest BCUT2D eigenvalue weighted by molar-refractivity contribution is 6.01. The number of aromatic amines is 1. The van der Waals surface area contributed by atoms with E-state index in [1.54, 1.807) is 23.1 Å². The number of H-pyrrole nitrogens is 1. The van der Waals surface area contributed by atoms with Gasteiger partial charge in [-0.25, -0.2) is 4.39 Å². The zero-order valence-corrected chi connectivity index (χ0v) is 12.8. The van der Waals surface area contributed by atoms with Gasteiger partial charge in [0, 0.05) is 26.2 Å². The molecule has 1 N–H and O–H groups in total. The quantitative estimate of drug-likeness (QED) is 0.676. The maximum atomic E-state index is 13.8. The first-order valence-corrected chi connectivity index (χ1v) is 7.45. The van der Waals surface area contributed by atoms with Crippen LogP contribution in [0.15, 0.2) is 36.0 Å². The molecule has 1 amide bonds. The van der Waals surface area contributed by atoms with E-state index < -0.39 is 0 Å². The summed E-state index contributed by atoms with van der Waals surface area (Å²) in [4.78, 5) is 15.9. The topological polar surface area (TPSA) is 88.9 Å². The third kappa shape index (κ3) is 3.25. The summed E-state index contributed by atoms with van der Waals surface area (Å²) in [5, 5.41) is 19.1. The minimum Gasteiger partial charge on any atom is -0.366 e. The molecule has 0 unspecified atom stereocenters. The molecule has 122 valence electrons. The van der Waals surface area contributed by atoms with Gasteiger partial charge in [0.05, 0.1) is 11.9 Å². The summed E-state index contributed by atoms with van der Waals surface area (Å²) >= 11 is 0. The van der Waals surface area contributed by atoms with E-state index >= 15 is 0 Å². The lowest BCUT2D eigenvalue weighted by molar-refractivity contribution is -0.126. The SMILES string of the molecule is N#C/C(=C/c1cn[nH]n1)C(=O)N1CCN(c2ccccc2F)CC1. The molecule has 2 heterocycles. The number of rotatable bonds is 3. The molecule has 1 aliphatic heterocycles. The zero-order valence-electron chi connectivity index (χ0n) is 12.8. The lowest BCUT2D eigenvalue weighted by Crippen LogP contribution is -2.49. The highest BCUT2D eigenvalue weighted by atomic mass is 19.1. The third-order valence-electron chi connectivity index (χ3n) is 3.84. The Morgan fingerprint density at radius 1 is 1.29 bits per heavy atom. The molecule has 1 saturated heterocycles. The number of carbonyl (C=O) groups excluding carboxylic acids is 1. The summed E-state index contributed by atoms with van der Waals surface area (Å²) in [6.07, 6.45) is 2.83. The Balaban J connectivity index is 1.67. The van der Waals surface area contributed by atoms with E-state index in [0.29, 0.717) is 37.6 Å². The standard InChI is InChI=1S/C16H15FN6O/c17-14-3-1-2-4-15(14)22-5-7-23(8-6-22)16(24)12(10-18)9-13-11-19-21-20-13/h1-4,9,11H,5-8H2,(H,19,20,21)/b12-9-. The lowest BCUT2D eigenvalue weighted by Gasteiger charge is -2.36. The Bertz CT molecular complexity index is 787. The smallest absolute Gasteiger partial charge is 0.264 e. The molecule has 1 aromatic carbocycles. The molecule has 0 spiro atoms. The fourth-order valence-electron chi connectivity index (χ4n) is 2.60. The summed E-state index contributed by atoms with van der Waals surface area (Å²) in [6.45, 7) is 1.86. The number of anilines is 1. The first-order valence-electron chi connectivity index (χ1n) is 7.45. The van der Waals surface area contributed by atoms with Crippen LogP contribution in [0.25, 0.3) is 6.08 Å². The molecule has 24 heavy (non-hydrogen) atoms. The first kappa shape index (κ1) is 15.7. The van der Waals surface area contributed by atoms with Crippen molar-refractivity contribution in [3.8, 4) is 6.07 Å². The Kier molecular flexibility index (Phi) is 4.52. The van der Waals surface area contributed by atoms with E-state index in [4.69, 9.17) is 0 Å². The molecule has 1 aromatic heterocycles. The number of piperazine rings is 1. The summed E-state index contributed by atoms with van der Waals surface area (Å²) < 4.78 is 13.8. The number of carbonyl (C=O) groups is 1. The van der Waals surface area contributed by atoms with Crippen molar-refractivity contribution < 1.29 is 9.18 Å². The predicted octanol–water partition coefficient (Wildman–Crippen LogP) is 1.20. The molecule has 0 radical (unpaired) electrons. The fraction of sp³-hybridized carbons (Fsp3) is 0.250. The van der Waals surface area contributed by atoms with E-state index in [2.05, 4.69) is 15.4 Å². The highest BCUT2D eigenvalue weighted by Crippen LogP contribution is 2.20. The van der Waals surface area contributed by atoms with Crippen molar-refractivity contribution >= 4 is 17.7 Å².